The first-order valence-electron chi connectivity index (χ1n) is 6.82. The highest BCUT2D eigenvalue weighted by molar-refractivity contribution is 5.19. The van der Waals surface area contributed by atoms with Gasteiger partial charge in [-0.05, 0) is 23.8 Å². The molecule has 0 heterocycles. The van der Waals surface area contributed by atoms with Crippen LogP contribution >= 0.6 is 0 Å². The maximum absolute atomic E-state index is 5.89. The maximum atomic E-state index is 5.89. The number of allylic oxidation sites excluding steroid dienone is 1. The van der Waals surface area contributed by atoms with Gasteiger partial charge in [0.05, 0.1) is 13.2 Å². The lowest BCUT2D eigenvalue weighted by molar-refractivity contribution is 0.0543. The molecule has 0 spiro atoms. The van der Waals surface area contributed by atoms with Gasteiger partial charge >= 0.3 is 0 Å². The predicted molar refractivity (Wildman–Crippen MR) is 76.3 cm³/mol. The van der Waals surface area contributed by atoms with Crippen molar-refractivity contribution in [3.05, 3.63) is 47.5 Å². The summed E-state index contributed by atoms with van der Waals surface area (Å²) in [6.45, 7) is 10.8. The summed E-state index contributed by atoms with van der Waals surface area (Å²) < 4.78 is 5.89. The normalized spacial score (nSPS) is 26.1. The third-order valence-corrected chi connectivity index (χ3v) is 4.63. The molecule has 2 atom stereocenters. The number of hydrogen-bond donors (Lipinski definition) is 0. The van der Waals surface area contributed by atoms with Crippen LogP contribution in [0.25, 0.3) is 0 Å². The summed E-state index contributed by atoms with van der Waals surface area (Å²) in [6, 6.07) is 10.4. The molecule has 1 aliphatic carbocycles. The molecule has 0 fully saturated rings. The van der Waals surface area contributed by atoms with Gasteiger partial charge in [-0.3, -0.25) is 0 Å². The van der Waals surface area contributed by atoms with Crippen molar-refractivity contribution in [1.82, 2.24) is 0 Å². The van der Waals surface area contributed by atoms with Gasteiger partial charge < -0.3 is 4.74 Å². The summed E-state index contributed by atoms with van der Waals surface area (Å²) in [5, 5.41) is 0. The van der Waals surface area contributed by atoms with Crippen molar-refractivity contribution in [2.75, 3.05) is 6.61 Å². The van der Waals surface area contributed by atoms with Gasteiger partial charge in [0.25, 0.3) is 0 Å². The van der Waals surface area contributed by atoms with E-state index in [0.29, 0.717) is 23.9 Å². The fraction of sp³-hybridized carbons (Fsp3) is 0.529. The van der Waals surface area contributed by atoms with E-state index in [9.17, 15) is 0 Å². The molecule has 0 aromatic heterocycles. The van der Waals surface area contributed by atoms with E-state index in [1.54, 1.807) is 0 Å². The summed E-state index contributed by atoms with van der Waals surface area (Å²) in [5.74, 6) is 1.19. The number of rotatable bonds is 4. The first-order valence-corrected chi connectivity index (χ1v) is 6.82. The van der Waals surface area contributed by atoms with E-state index in [4.69, 9.17) is 4.74 Å². The Bertz CT molecular complexity index is 416. The minimum Gasteiger partial charge on any atom is -0.376 e. The van der Waals surface area contributed by atoms with E-state index in [1.807, 2.05) is 6.07 Å². The molecule has 0 saturated heterocycles. The Balaban J connectivity index is 1.88. The lowest BCUT2D eigenvalue weighted by Crippen LogP contribution is -2.28. The highest BCUT2D eigenvalue weighted by Crippen LogP contribution is 2.46. The van der Waals surface area contributed by atoms with E-state index in [0.717, 1.165) is 6.61 Å². The van der Waals surface area contributed by atoms with Crippen molar-refractivity contribution in [2.45, 2.75) is 34.3 Å². The first-order chi connectivity index (χ1) is 8.51. The molecule has 1 aromatic rings. The van der Waals surface area contributed by atoms with Crippen LogP contribution in [0.15, 0.2) is 42.0 Å². The zero-order chi connectivity index (χ0) is 13.2. The molecule has 1 heteroatoms. The molecule has 1 aliphatic rings. The second kappa shape index (κ2) is 5.27. The van der Waals surface area contributed by atoms with Gasteiger partial charge in [0.1, 0.15) is 0 Å². The average Bonchev–Trinajstić information content (AvgIpc) is 2.55. The smallest absolute Gasteiger partial charge is 0.0717 e. The van der Waals surface area contributed by atoms with Crippen LogP contribution in [-0.4, -0.2) is 6.61 Å². The van der Waals surface area contributed by atoms with Crippen molar-refractivity contribution in [3.8, 4) is 0 Å². The fourth-order valence-corrected chi connectivity index (χ4v) is 2.73. The topological polar surface area (TPSA) is 9.23 Å². The Hall–Kier alpha value is -1.08. The van der Waals surface area contributed by atoms with Gasteiger partial charge in [-0.25, -0.2) is 0 Å². The van der Waals surface area contributed by atoms with Crippen LogP contribution in [0.1, 0.15) is 33.3 Å². The standard InChI is InChI=1S/C17H24O/c1-13-10-16(17(3,4)14(13)2)12-18-11-15-8-6-5-7-9-15/h5-10,14,16H,11-12H2,1-4H3/t14-,16?/m0/s1. The molecular formula is C17H24O. The molecule has 0 N–H and O–H groups in total. The third-order valence-electron chi connectivity index (χ3n) is 4.63. The zero-order valence-corrected chi connectivity index (χ0v) is 11.9. The highest BCUT2D eigenvalue weighted by atomic mass is 16.5. The number of ether oxygens (including phenoxy) is 1. The molecule has 1 aromatic carbocycles. The lowest BCUT2D eigenvalue weighted by Gasteiger charge is -2.32. The van der Waals surface area contributed by atoms with Gasteiger partial charge in [-0.2, -0.15) is 0 Å². The van der Waals surface area contributed by atoms with E-state index < -0.39 is 0 Å². The second-order valence-corrected chi connectivity index (χ2v) is 6.06. The minimum atomic E-state index is 0.320. The van der Waals surface area contributed by atoms with Crippen LogP contribution in [0.2, 0.25) is 0 Å². The molecule has 2 rings (SSSR count). The van der Waals surface area contributed by atoms with Crippen molar-refractivity contribution in [1.29, 1.82) is 0 Å². The van der Waals surface area contributed by atoms with E-state index in [2.05, 4.69) is 58.0 Å². The SMILES string of the molecule is CC1=CC(COCc2ccccc2)C(C)(C)[C@H]1C. The summed E-state index contributed by atoms with van der Waals surface area (Å²) in [5.41, 5.74) is 3.08. The van der Waals surface area contributed by atoms with Crippen molar-refractivity contribution < 1.29 is 4.74 Å². The Morgan fingerprint density at radius 1 is 1.17 bits per heavy atom. The quantitative estimate of drug-likeness (QED) is 0.711. The second-order valence-electron chi connectivity index (χ2n) is 6.06. The predicted octanol–water partition coefficient (Wildman–Crippen LogP) is 4.44. The Labute approximate surface area is 111 Å². The van der Waals surface area contributed by atoms with Crippen LogP contribution in [0.3, 0.4) is 0 Å². The highest BCUT2D eigenvalue weighted by Gasteiger charge is 2.39. The average molecular weight is 244 g/mol. The monoisotopic (exact) mass is 244 g/mol. The van der Waals surface area contributed by atoms with Crippen LogP contribution < -0.4 is 0 Å². The molecule has 0 saturated carbocycles. The Morgan fingerprint density at radius 3 is 2.39 bits per heavy atom. The molecule has 0 bridgehead atoms. The maximum Gasteiger partial charge on any atom is 0.0717 e. The van der Waals surface area contributed by atoms with E-state index in [1.165, 1.54) is 11.1 Å². The van der Waals surface area contributed by atoms with Gasteiger partial charge in [0.2, 0.25) is 0 Å². The van der Waals surface area contributed by atoms with Crippen LogP contribution in [0, 0.1) is 17.3 Å². The summed E-state index contributed by atoms with van der Waals surface area (Å²) in [4.78, 5) is 0. The molecule has 1 unspecified atom stereocenters. The summed E-state index contributed by atoms with van der Waals surface area (Å²) in [7, 11) is 0. The van der Waals surface area contributed by atoms with Gasteiger partial charge in [-0.1, -0.05) is 62.8 Å². The zero-order valence-electron chi connectivity index (χ0n) is 11.9. The number of benzene rings is 1. The van der Waals surface area contributed by atoms with E-state index >= 15 is 0 Å². The summed E-state index contributed by atoms with van der Waals surface area (Å²) >= 11 is 0. The molecule has 1 nitrogen and oxygen atoms in total. The van der Waals surface area contributed by atoms with Gasteiger partial charge in [0, 0.05) is 5.92 Å². The third kappa shape index (κ3) is 2.67. The Morgan fingerprint density at radius 2 is 1.83 bits per heavy atom. The van der Waals surface area contributed by atoms with Gasteiger partial charge in [-0.15, -0.1) is 0 Å². The van der Waals surface area contributed by atoms with E-state index in [-0.39, 0.29) is 0 Å². The lowest BCUT2D eigenvalue weighted by atomic mass is 9.74. The fourth-order valence-electron chi connectivity index (χ4n) is 2.73. The molecule has 0 amide bonds. The number of hydrogen-bond acceptors (Lipinski definition) is 1. The molecule has 98 valence electrons. The molecule has 18 heavy (non-hydrogen) atoms. The summed E-state index contributed by atoms with van der Waals surface area (Å²) in [6.07, 6.45) is 2.40. The van der Waals surface area contributed by atoms with Crippen molar-refractivity contribution >= 4 is 0 Å². The Kier molecular flexibility index (Phi) is 3.91. The van der Waals surface area contributed by atoms with Crippen molar-refractivity contribution in [2.24, 2.45) is 17.3 Å². The molecule has 0 radical (unpaired) electrons. The van der Waals surface area contributed by atoms with Crippen molar-refractivity contribution in [3.63, 3.8) is 0 Å². The molecule has 0 aliphatic heterocycles. The largest absolute Gasteiger partial charge is 0.376 e. The van der Waals surface area contributed by atoms with Crippen LogP contribution in [0.5, 0.6) is 0 Å². The first kappa shape index (κ1) is 13.4. The minimum absolute atomic E-state index is 0.320. The van der Waals surface area contributed by atoms with Crippen LogP contribution in [0.4, 0.5) is 0 Å². The van der Waals surface area contributed by atoms with Gasteiger partial charge in [0.15, 0.2) is 0 Å². The van der Waals surface area contributed by atoms with Crippen LogP contribution in [-0.2, 0) is 11.3 Å². The molecular weight excluding hydrogens is 220 g/mol.